The summed E-state index contributed by atoms with van der Waals surface area (Å²) in [5.74, 6) is -5.29. The first-order chi connectivity index (χ1) is 14.8. The van der Waals surface area contributed by atoms with E-state index in [-0.39, 0.29) is 29.0 Å². The third kappa shape index (κ3) is 2.37. The third-order valence-corrected chi connectivity index (χ3v) is 7.41. The molecule has 0 amide bonds. The van der Waals surface area contributed by atoms with E-state index in [0.717, 1.165) is 6.92 Å². The molecular formula is C25H26O7. The molecule has 168 valence electrons. The number of aryl methyl sites for hydroxylation is 1. The predicted octanol–water partition coefficient (Wildman–Crippen LogP) is 3.29. The van der Waals surface area contributed by atoms with Crippen molar-refractivity contribution in [2.24, 2.45) is 17.3 Å². The number of fused-ring (bicyclic) bond motifs is 3. The molecule has 0 bridgehead atoms. The van der Waals surface area contributed by atoms with Crippen molar-refractivity contribution in [3.8, 4) is 11.5 Å². The van der Waals surface area contributed by atoms with E-state index in [9.17, 15) is 34.8 Å². The summed E-state index contributed by atoms with van der Waals surface area (Å²) in [6.07, 6.45) is -0.000601. The molecular weight excluding hydrogens is 412 g/mol. The number of carbonyl (C=O) groups excluding carboxylic acids is 3. The van der Waals surface area contributed by atoms with Crippen molar-refractivity contribution in [1.29, 1.82) is 0 Å². The van der Waals surface area contributed by atoms with Crippen molar-refractivity contribution >= 4 is 28.1 Å². The monoisotopic (exact) mass is 438 g/mol. The topological polar surface area (TPSA) is 132 Å². The van der Waals surface area contributed by atoms with Crippen molar-refractivity contribution in [1.82, 2.24) is 0 Å². The number of aliphatic hydroxyl groups excluding tert-OH is 1. The summed E-state index contributed by atoms with van der Waals surface area (Å²) < 4.78 is 0. The smallest absolute Gasteiger partial charge is 0.209 e. The largest absolute Gasteiger partial charge is 0.511 e. The maximum atomic E-state index is 13.8. The van der Waals surface area contributed by atoms with E-state index >= 15 is 0 Å². The molecule has 0 radical (unpaired) electrons. The molecule has 1 unspecified atom stereocenters. The average molecular weight is 438 g/mol. The highest BCUT2D eigenvalue weighted by molar-refractivity contribution is 6.33. The van der Waals surface area contributed by atoms with Crippen LogP contribution in [0.4, 0.5) is 0 Å². The van der Waals surface area contributed by atoms with Crippen molar-refractivity contribution in [2.45, 2.75) is 46.6 Å². The lowest BCUT2D eigenvalue weighted by Gasteiger charge is -2.54. The number of rotatable bonds is 2. The van der Waals surface area contributed by atoms with Gasteiger partial charge in [0.2, 0.25) is 11.6 Å². The highest BCUT2D eigenvalue weighted by atomic mass is 16.3. The Labute approximate surface area is 185 Å². The summed E-state index contributed by atoms with van der Waals surface area (Å²) in [6, 6.07) is 4.69. The molecule has 32 heavy (non-hydrogen) atoms. The second-order valence-electron chi connectivity index (χ2n) is 9.53. The Morgan fingerprint density at radius 3 is 2.31 bits per heavy atom. The first-order valence-electron chi connectivity index (χ1n) is 10.5. The molecule has 4 rings (SSSR count). The zero-order chi connectivity index (χ0) is 23.9. The number of aromatic hydroxyl groups is 2. The zero-order valence-electron chi connectivity index (χ0n) is 18.6. The average Bonchev–Trinajstić information content (AvgIpc) is 2.68. The van der Waals surface area contributed by atoms with Crippen LogP contribution < -0.4 is 0 Å². The fraction of sp³-hybridized carbons (Fsp3) is 0.400. The minimum absolute atomic E-state index is 0.000601. The highest BCUT2D eigenvalue weighted by Gasteiger charge is 2.69. The zero-order valence-corrected chi connectivity index (χ0v) is 18.6. The van der Waals surface area contributed by atoms with Gasteiger partial charge in [0.05, 0.1) is 10.9 Å². The third-order valence-electron chi connectivity index (χ3n) is 7.41. The van der Waals surface area contributed by atoms with E-state index < -0.39 is 51.4 Å². The lowest BCUT2D eigenvalue weighted by Crippen LogP contribution is -2.68. The van der Waals surface area contributed by atoms with Crippen LogP contribution >= 0.6 is 0 Å². The summed E-state index contributed by atoms with van der Waals surface area (Å²) in [6.45, 7) is 7.96. The number of phenols is 2. The van der Waals surface area contributed by atoms with Gasteiger partial charge in [-0.25, -0.2) is 0 Å². The predicted molar refractivity (Wildman–Crippen MR) is 117 cm³/mol. The molecule has 0 aromatic heterocycles. The Morgan fingerprint density at radius 1 is 1.12 bits per heavy atom. The number of aliphatic hydroxyl groups is 2. The number of carbonyl (C=O) groups is 3. The van der Waals surface area contributed by atoms with Crippen LogP contribution in [0.2, 0.25) is 0 Å². The molecule has 7 heteroatoms. The highest BCUT2D eigenvalue weighted by Crippen LogP contribution is 2.58. The Kier molecular flexibility index (Phi) is 4.58. The number of Topliss-reactive ketones (excluding diaryl/α,β-unsaturated/α-hetero) is 3. The van der Waals surface area contributed by atoms with Crippen LogP contribution in [0.3, 0.4) is 0 Å². The minimum Gasteiger partial charge on any atom is -0.511 e. The normalized spacial score (nSPS) is 27.7. The van der Waals surface area contributed by atoms with Gasteiger partial charge in [0.25, 0.3) is 0 Å². The summed E-state index contributed by atoms with van der Waals surface area (Å²) in [5.41, 5.74) is -3.89. The van der Waals surface area contributed by atoms with Gasteiger partial charge in [0, 0.05) is 11.3 Å². The first-order valence-corrected chi connectivity index (χ1v) is 10.5. The van der Waals surface area contributed by atoms with Gasteiger partial charge in [-0.1, -0.05) is 32.9 Å². The van der Waals surface area contributed by atoms with Crippen LogP contribution in [-0.2, 0) is 16.0 Å². The molecule has 0 saturated carbocycles. The van der Waals surface area contributed by atoms with Crippen LogP contribution in [0.5, 0.6) is 11.5 Å². The van der Waals surface area contributed by atoms with Crippen LogP contribution in [0.15, 0.2) is 29.5 Å². The maximum Gasteiger partial charge on any atom is 0.209 e. The van der Waals surface area contributed by atoms with E-state index in [2.05, 4.69) is 0 Å². The summed E-state index contributed by atoms with van der Waals surface area (Å²) in [4.78, 5) is 39.5. The molecule has 0 fully saturated rings. The van der Waals surface area contributed by atoms with Gasteiger partial charge in [0.1, 0.15) is 22.8 Å². The molecule has 0 saturated heterocycles. The molecule has 0 aliphatic heterocycles. The van der Waals surface area contributed by atoms with E-state index in [1.54, 1.807) is 39.8 Å². The van der Waals surface area contributed by atoms with Crippen molar-refractivity contribution in [2.75, 3.05) is 0 Å². The standard InChI is InChI=1S/C25H26O7/c1-10(2)19-21(29)16(12(4)26)22(30)25(32)23(31)18-14(9-24(19,25)5)11(3)13-7-6-8-15(27)17(13)20(18)28/h6-8,10,19,27-29,32H,9H2,1-5H3/t19?,24-,25+/m1/s1. The minimum atomic E-state index is -2.66. The molecule has 7 nitrogen and oxygen atoms in total. The molecule has 0 spiro atoms. The Balaban J connectivity index is 2.15. The Hall–Kier alpha value is -3.19. The van der Waals surface area contributed by atoms with Crippen LogP contribution in [0, 0.1) is 24.2 Å². The number of benzene rings is 2. The van der Waals surface area contributed by atoms with E-state index in [1.807, 2.05) is 0 Å². The molecule has 2 aromatic rings. The Bertz CT molecular complexity index is 1270. The Morgan fingerprint density at radius 2 is 1.75 bits per heavy atom. The number of hydrogen-bond acceptors (Lipinski definition) is 7. The van der Waals surface area contributed by atoms with Gasteiger partial charge in [-0.05, 0) is 48.8 Å². The quantitative estimate of drug-likeness (QED) is 0.418. The van der Waals surface area contributed by atoms with E-state index in [1.165, 1.54) is 6.07 Å². The van der Waals surface area contributed by atoms with Crippen molar-refractivity contribution in [3.05, 3.63) is 46.2 Å². The summed E-state index contributed by atoms with van der Waals surface area (Å²) in [5, 5.41) is 44.7. The van der Waals surface area contributed by atoms with Crippen LogP contribution in [-0.4, -0.2) is 43.4 Å². The van der Waals surface area contributed by atoms with E-state index in [4.69, 9.17) is 0 Å². The number of allylic oxidation sites excluding steroid dienone is 1. The number of hydrogen-bond donors (Lipinski definition) is 4. The molecule has 0 heterocycles. The number of ketones is 3. The molecule has 2 aliphatic carbocycles. The lowest BCUT2D eigenvalue weighted by molar-refractivity contribution is -0.153. The second-order valence-corrected chi connectivity index (χ2v) is 9.53. The van der Waals surface area contributed by atoms with Crippen LogP contribution in [0.1, 0.15) is 49.2 Å². The van der Waals surface area contributed by atoms with Gasteiger partial charge in [-0.3, -0.25) is 14.4 Å². The van der Waals surface area contributed by atoms with Gasteiger partial charge in [-0.2, -0.15) is 0 Å². The molecule has 2 aliphatic rings. The van der Waals surface area contributed by atoms with Crippen molar-refractivity contribution < 1.29 is 34.8 Å². The molecule has 2 aromatic carbocycles. The summed E-state index contributed by atoms with van der Waals surface area (Å²) in [7, 11) is 0. The summed E-state index contributed by atoms with van der Waals surface area (Å²) >= 11 is 0. The lowest BCUT2D eigenvalue weighted by atomic mass is 9.48. The fourth-order valence-corrected chi connectivity index (χ4v) is 5.96. The van der Waals surface area contributed by atoms with Gasteiger partial charge >= 0.3 is 0 Å². The van der Waals surface area contributed by atoms with Gasteiger partial charge in [0.15, 0.2) is 11.4 Å². The first kappa shape index (κ1) is 22.0. The van der Waals surface area contributed by atoms with Gasteiger partial charge < -0.3 is 20.4 Å². The molecule has 3 atom stereocenters. The SMILES string of the molecule is CC(=O)C1=C(O)C(C(C)C)[C@@]2(C)Cc3c(c(O)c4c(O)cccc4c3C)C(=O)[C@@]2(O)C1=O. The van der Waals surface area contributed by atoms with Crippen LogP contribution in [0.25, 0.3) is 10.8 Å². The van der Waals surface area contributed by atoms with E-state index in [0.29, 0.717) is 16.5 Å². The van der Waals surface area contributed by atoms with Gasteiger partial charge in [-0.15, -0.1) is 0 Å². The maximum absolute atomic E-state index is 13.8. The second kappa shape index (κ2) is 6.65. The molecule has 4 N–H and O–H groups in total. The number of phenolic OH excluding ortho intramolecular Hbond substituents is 2. The van der Waals surface area contributed by atoms with Crippen molar-refractivity contribution in [3.63, 3.8) is 0 Å². The fourth-order valence-electron chi connectivity index (χ4n) is 5.96.